The Bertz CT molecular complexity index is 566. The molecule has 172 valence electrons. The summed E-state index contributed by atoms with van der Waals surface area (Å²) in [6.45, 7) is 19.8. The van der Waals surface area contributed by atoms with Crippen molar-refractivity contribution in [2.75, 3.05) is 6.61 Å². The van der Waals surface area contributed by atoms with Gasteiger partial charge in [0.25, 0.3) is 0 Å². The summed E-state index contributed by atoms with van der Waals surface area (Å²) in [6, 6.07) is 0. The van der Waals surface area contributed by atoms with Gasteiger partial charge in [-0.2, -0.15) is 25.3 Å². The molecule has 0 amide bonds. The third-order valence-electron chi connectivity index (χ3n) is 5.19. The van der Waals surface area contributed by atoms with E-state index in [-0.39, 0.29) is 29.3 Å². The van der Waals surface area contributed by atoms with E-state index in [1.807, 2.05) is 69.2 Å². The van der Waals surface area contributed by atoms with E-state index < -0.39 is 16.6 Å². The molecule has 0 aromatic rings. The second-order valence-electron chi connectivity index (χ2n) is 10.3. The predicted octanol–water partition coefficient (Wildman–Crippen LogP) is 6.91. The molecule has 0 aromatic heterocycles. The second kappa shape index (κ2) is 10.7. The molecular formula is C22H43O4PS2. The maximum Gasteiger partial charge on any atom is 0.324 e. The van der Waals surface area contributed by atoms with Gasteiger partial charge in [0.1, 0.15) is 11.2 Å². The fraction of sp³-hybridized carbons (Fsp3) is 0.909. The first-order valence-electron chi connectivity index (χ1n) is 10.4. The van der Waals surface area contributed by atoms with Gasteiger partial charge < -0.3 is 9.47 Å². The van der Waals surface area contributed by atoms with Crippen LogP contribution in [0, 0.1) is 5.41 Å². The summed E-state index contributed by atoms with van der Waals surface area (Å²) in [7, 11) is -0.0303. The monoisotopic (exact) mass is 466 g/mol. The van der Waals surface area contributed by atoms with E-state index in [4.69, 9.17) is 9.47 Å². The number of hydrogen-bond acceptors (Lipinski definition) is 6. The summed E-state index contributed by atoms with van der Waals surface area (Å²) < 4.78 is 11.3. The van der Waals surface area contributed by atoms with Crippen LogP contribution in [0.15, 0.2) is 0 Å². The van der Waals surface area contributed by atoms with E-state index in [2.05, 4.69) is 25.3 Å². The Kier molecular flexibility index (Phi) is 10.8. The summed E-state index contributed by atoms with van der Waals surface area (Å²) in [5.41, 5.74) is -2.28. The molecule has 3 atom stereocenters. The molecule has 3 unspecified atom stereocenters. The van der Waals surface area contributed by atoms with Crippen LogP contribution < -0.4 is 0 Å². The largest absolute Gasteiger partial charge is 0.456 e. The number of ether oxygens (including phenoxy) is 2. The molecular weight excluding hydrogens is 423 g/mol. The minimum absolute atomic E-state index is 0.0303. The van der Waals surface area contributed by atoms with E-state index in [0.29, 0.717) is 32.3 Å². The highest BCUT2D eigenvalue weighted by Crippen LogP contribution is 2.39. The van der Waals surface area contributed by atoms with E-state index in [9.17, 15) is 9.59 Å². The number of rotatable bonds is 13. The van der Waals surface area contributed by atoms with Gasteiger partial charge in [0, 0.05) is 29.7 Å². The number of carbonyl (C=O) groups excluding carboxylic acids is 2. The zero-order valence-corrected chi connectivity index (χ0v) is 22.9. The van der Waals surface area contributed by atoms with E-state index >= 15 is 0 Å². The molecule has 0 saturated carbocycles. The first-order chi connectivity index (χ1) is 12.8. The average Bonchev–Trinajstić information content (AvgIpc) is 2.49. The molecule has 0 rings (SSSR count). The molecule has 0 aliphatic rings. The first kappa shape index (κ1) is 29.2. The molecule has 0 N–H and O–H groups in total. The lowest BCUT2D eigenvalue weighted by Gasteiger charge is -2.39. The van der Waals surface area contributed by atoms with Crippen LogP contribution in [0.2, 0.25) is 0 Å². The number of Topliss-reactive ketones (excluding diaryl/α,β-unsaturated/α-hetero) is 1. The van der Waals surface area contributed by atoms with Gasteiger partial charge in [-0.05, 0) is 47.0 Å². The SMILES string of the molecule is CCC(C)(CCOC(C)(CC)C(=O)C(C)(C)CC(C)(C)S)OC(=O)PC(C)(C)S. The summed E-state index contributed by atoms with van der Waals surface area (Å²) in [5, 5.41) is 0. The van der Waals surface area contributed by atoms with Crippen molar-refractivity contribution in [3.8, 4) is 0 Å². The van der Waals surface area contributed by atoms with E-state index in [1.165, 1.54) is 0 Å². The molecule has 0 saturated heterocycles. The minimum Gasteiger partial charge on any atom is -0.456 e. The van der Waals surface area contributed by atoms with Crippen LogP contribution in [0.5, 0.6) is 0 Å². The molecule has 0 aliphatic carbocycles. The van der Waals surface area contributed by atoms with Crippen LogP contribution in [0.25, 0.3) is 0 Å². The quantitative estimate of drug-likeness (QED) is 0.229. The van der Waals surface area contributed by atoms with Crippen molar-refractivity contribution >= 4 is 45.3 Å². The molecule has 0 radical (unpaired) electrons. The van der Waals surface area contributed by atoms with Crippen LogP contribution in [-0.2, 0) is 14.3 Å². The highest BCUT2D eigenvalue weighted by molar-refractivity contribution is 7.91. The average molecular weight is 467 g/mol. The Balaban J connectivity index is 5.09. The summed E-state index contributed by atoms with van der Waals surface area (Å²) in [6.07, 6.45) is 2.45. The molecule has 0 aromatic carbocycles. The number of carbonyl (C=O) groups is 2. The number of hydrogen-bond donors (Lipinski definition) is 2. The van der Waals surface area contributed by atoms with Crippen molar-refractivity contribution in [3.63, 3.8) is 0 Å². The van der Waals surface area contributed by atoms with Crippen LogP contribution in [0.4, 0.5) is 4.79 Å². The molecule has 0 aliphatic heterocycles. The Morgan fingerprint density at radius 1 is 0.897 bits per heavy atom. The fourth-order valence-electron chi connectivity index (χ4n) is 3.50. The van der Waals surface area contributed by atoms with Gasteiger partial charge in [-0.3, -0.25) is 4.79 Å². The van der Waals surface area contributed by atoms with Gasteiger partial charge in [0.05, 0.1) is 6.61 Å². The molecule has 0 heterocycles. The molecule has 29 heavy (non-hydrogen) atoms. The lowest BCUT2D eigenvalue weighted by Crippen LogP contribution is -2.48. The standard InChI is InChI=1S/C22H43O4PS2/c1-11-21(9,26-17(24)27-20(7,8)29)13-14-25-22(10,12-2)16(23)18(3,4)15-19(5,6)28/h27-29H,11-15H2,1-10H3. The lowest BCUT2D eigenvalue weighted by atomic mass is 9.73. The Morgan fingerprint density at radius 2 is 1.41 bits per heavy atom. The van der Waals surface area contributed by atoms with Crippen LogP contribution in [0.3, 0.4) is 0 Å². The first-order valence-corrected chi connectivity index (χ1v) is 12.3. The highest BCUT2D eigenvalue weighted by atomic mass is 32.1. The van der Waals surface area contributed by atoms with Crippen molar-refractivity contribution in [3.05, 3.63) is 0 Å². The fourth-order valence-corrected chi connectivity index (χ4v) is 4.96. The maximum absolute atomic E-state index is 13.3. The molecule has 7 heteroatoms. The topological polar surface area (TPSA) is 52.6 Å². The van der Waals surface area contributed by atoms with Gasteiger partial charge in [0.2, 0.25) is 0 Å². The van der Waals surface area contributed by atoms with Gasteiger partial charge in [0.15, 0.2) is 5.78 Å². The lowest BCUT2D eigenvalue weighted by molar-refractivity contribution is -0.154. The van der Waals surface area contributed by atoms with Gasteiger partial charge in [-0.1, -0.05) is 41.5 Å². The predicted molar refractivity (Wildman–Crippen MR) is 132 cm³/mol. The van der Waals surface area contributed by atoms with Crippen molar-refractivity contribution in [1.82, 2.24) is 0 Å². The van der Waals surface area contributed by atoms with Crippen LogP contribution >= 0.6 is 33.8 Å². The zero-order valence-electron chi connectivity index (χ0n) is 20.1. The zero-order chi connectivity index (χ0) is 23.3. The van der Waals surface area contributed by atoms with Crippen molar-refractivity contribution in [2.24, 2.45) is 5.41 Å². The van der Waals surface area contributed by atoms with Crippen molar-refractivity contribution in [2.45, 2.75) is 115 Å². The van der Waals surface area contributed by atoms with Crippen molar-refractivity contribution < 1.29 is 19.1 Å². The molecule has 0 spiro atoms. The number of ketones is 1. The molecule has 0 bridgehead atoms. The molecule has 4 nitrogen and oxygen atoms in total. The second-order valence-corrected chi connectivity index (χ2v) is 14.9. The smallest absolute Gasteiger partial charge is 0.324 e. The third-order valence-corrected chi connectivity index (χ3v) is 6.60. The van der Waals surface area contributed by atoms with E-state index in [0.717, 1.165) is 0 Å². The van der Waals surface area contributed by atoms with Gasteiger partial charge in [-0.25, -0.2) is 4.79 Å². The Hall–Kier alpha value is 0.230. The normalized spacial score (nSPS) is 17.8. The Morgan fingerprint density at radius 3 is 1.79 bits per heavy atom. The van der Waals surface area contributed by atoms with Crippen molar-refractivity contribution in [1.29, 1.82) is 0 Å². The minimum atomic E-state index is -0.879. The van der Waals surface area contributed by atoms with Crippen LogP contribution in [0.1, 0.15) is 94.9 Å². The Labute approximate surface area is 191 Å². The summed E-state index contributed by atoms with van der Waals surface area (Å²) in [4.78, 5) is 25.6. The maximum atomic E-state index is 13.3. The third kappa shape index (κ3) is 10.9. The van der Waals surface area contributed by atoms with Crippen LogP contribution in [-0.4, -0.2) is 38.5 Å². The highest BCUT2D eigenvalue weighted by Gasteiger charge is 2.44. The van der Waals surface area contributed by atoms with Gasteiger partial charge >= 0.3 is 5.71 Å². The molecule has 0 fully saturated rings. The van der Waals surface area contributed by atoms with Gasteiger partial charge in [-0.15, -0.1) is 0 Å². The number of thiol groups is 2. The summed E-state index contributed by atoms with van der Waals surface area (Å²) >= 11 is 9.02. The summed E-state index contributed by atoms with van der Waals surface area (Å²) in [5.74, 6) is 0.0862. The van der Waals surface area contributed by atoms with E-state index in [1.54, 1.807) is 0 Å².